The summed E-state index contributed by atoms with van der Waals surface area (Å²) in [5.74, 6) is 1.08. The Morgan fingerprint density at radius 2 is 1.04 bits per heavy atom. The highest BCUT2D eigenvalue weighted by molar-refractivity contribution is 4.80. The van der Waals surface area contributed by atoms with E-state index >= 15 is 0 Å². The van der Waals surface area contributed by atoms with Crippen LogP contribution in [0.25, 0.3) is 0 Å². The molecule has 0 spiro atoms. The van der Waals surface area contributed by atoms with Gasteiger partial charge in [0.2, 0.25) is 0 Å². The summed E-state index contributed by atoms with van der Waals surface area (Å²) in [4.78, 5) is 0. The van der Waals surface area contributed by atoms with Gasteiger partial charge in [0.1, 0.15) is 0 Å². The second-order valence-corrected chi connectivity index (χ2v) is 7.65. The van der Waals surface area contributed by atoms with Crippen molar-refractivity contribution in [2.45, 2.75) is 88.5 Å². The molecule has 2 unspecified atom stereocenters. The summed E-state index contributed by atoms with van der Waals surface area (Å²) in [6, 6.07) is 0.381. The van der Waals surface area contributed by atoms with E-state index in [1.807, 2.05) is 0 Å². The number of aliphatic hydroxyl groups is 2. The standard InChI is InChI=1S/C18H36N2O3/c19-17(13-1-5-15(21)6-2-13)9-11-23-12-10-18(20)14-3-7-16(22)8-4-14/h13-18,21-22H,1-12,19-20H2. The summed E-state index contributed by atoms with van der Waals surface area (Å²) in [6.07, 6.45) is 9.30. The molecule has 2 rings (SSSR count). The van der Waals surface area contributed by atoms with Gasteiger partial charge in [0.25, 0.3) is 0 Å². The van der Waals surface area contributed by atoms with E-state index in [4.69, 9.17) is 16.2 Å². The Hall–Kier alpha value is -0.200. The van der Waals surface area contributed by atoms with E-state index in [-0.39, 0.29) is 24.3 Å². The minimum absolute atomic E-state index is 0.114. The molecule has 0 heterocycles. The van der Waals surface area contributed by atoms with Crippen molar-refractivity contribution in [3.05, 3.63) is 0 Å². The van der Waals surface area contributed by atoms with E-state index < -0.39 is 0 Å². The number of ether oxygens (including phenoxy) is 1. The molecule has 23 heavy (non-hydrogen) atoms. The predicted molar refractivity (Wildman–Crippen MR) is 91.9 cm³/mol. The highest BCUT2D eigenvalue weighted by atomic mass is 16.5. The van der Waals surface area contributed by atoms with Gasteiger partial charge in [-0.3, -0.25) is 0 Å². The highest BCUT2D eigenvalue weighted by Crippen LogP contribution is 2.28. The Morgan fingerprint density at radius 3 is 1.39 bits per heavy atom. The lowest BCUT2D eigenvalue weighted by Gasteiger charge is -2.30. The molecule has 2 fully saturated rings. The third-order valence-corrected chi connectivity index (χ3v) is 5.88. The average Bonchev–Trinajstić information content (AvgIpc) is 2.55. The normalized spacial score (nSPS) is 35.0. The first kappa shape index (κ1) is 19.1. The summed E-state index contributed by atoms with van der Waals surface area (Å²) < 4.78 is 5.74. The first-order valence-corrected chi connectivity index (χ1v) is 9.51. The van der Waals surface area contributed by atoms with Crippen LogP contribution in [0.4, 0.5) is 0 Å². The Bertz CT molecular complexity index is 283. The van der Waals surface area contributed by atoms with Gasteiger partial charge in [-0.15, -0.1) is 0 Å². The molecule has 6 N–H and O–H groups in total. The molecule has 2 aliphatic rings. The van der Waals surface area contributed by atoms with Crippen molar-refractivity contribution < 1.29 is 14.9 Å². The molecule has 0 aromatic carbocycles. The Balaban J connectivity index is 1.50. The number of aliphatic hydroxyl groups excluding tert-OH is 2. The minimum Gasteiger partial charge on any atom is -0.393 e. The SMILES string of the molecule is NC(CCOCCC(N)C1CCC(O)CC1)C1CCC(O)CC1. The van der Waals surface area contributed by atoms with Gasteiger partial charge in [0, 0.05) is 25.3 Å². The van der Waals surface area contributed by atoms with E-state index in [1.165, 1.54) is 0 Å². The van der Waals surface area contributed by atoms with Crippen LogP contribution in [0, 0.1) is 11.8 Å². The molecule has 0 bridgehead atoms. The van der Waals surface area contributed by atoms with E-state index in [0.29, 0.717) is 25.0 Å². The van der Waals surface area contributed by atoms with Gasteiger partial charge in [-0.1, -0.05) is 0 Å². The lowest BCUT2D eigenvalue weighted by Crippen LogP contribution is -2.36. The van der Waals surface area contributed by atoms with Crippen LogP contribution >= 0.6 is 0 Å². The first-order chi connectivity index (χ1) is 11.1. The minimum atomic E-state index is -0.114. The molecule has 5 heteroatoms. The molecule has 0 aromatic heterocycles. The van der Waals surface area contributed by atoms with Crippen molar-refractivity contribution in [2.24, 2.45) is 23.3 Å². The maximum absolute atomic E-state index is 9.54. The van der Waals surface area contributed by atoms with Gasteiger partial charge in [-0.2, -0.15) is 0 Å². The van der Waals surface area contributed by atoms with Crippen LogP contribution < -0.4 is 11.5 Å². The molecule has 5 nitrogen and oxygen atoms in total. The third-order valence-electron chi connectivity index (χ3n) is 5.88. The summed E-state index contributed by atoms with van der Waals surface area (Å²) in [7, 11) is 0. The van der Waals surface area contributed by atoms with Gasteiger partial charge >= 0.3 is 0 Å². The maximum atomic E-state index is 9.54. The fourth-order valence-corrected chi connectivity index (χ4v) is 4.07. The molecular weight excluding hydrogens is 292 g/mol. The third kappa shape index (κ3) is 6.67. The maximum Gasteiger partial charge on any atom is 0.0540 e. The fraction of sp³-hybridized carbons (Fsp3) is 1.00. The van der Waals surface area contributed by atoms with Gasteiger partial charge in [0.15, 0.2) is 0 Å². The van der Waals surface area contributed by atoms with Crippen LogP contribution in [0.2, 0.25) is 0 Å². The topological polar surface area (TPSA) is 102 Å². The first-order valence-electron chi connectivity index (χ1n) is 9.51. The zero-order chi connectivity index (χ0) is 16.7. The van der Waals surface area contributed by atoms with Crippen molar-refractivity contribution in [2.75, 3.05) is 13.2 Å². The van der Waals surface area contributed by atoms with Gasteiger partial charge in [-0.05, 0) is 76.0 Å². The second kappa shape index (κ2) is 9.94. The van der Waals surface area contributed by atoms with Crippen molar-refractivity contribution >= 4 is 0 Å². The smallest absolute Gasteiger partial charge is 0.0540 e. The lowest BCUT2D eigenvalue weighted by molar-refractivity contribution is 0.0778. The van der Waals surface area contributed by atoms with Crippen LogP contribution in [-0.4, -0.2) is 47.7 Å². The molecule has 2 aliphatic carbocycles. The predicted octanol–water partition coefficient (Wildman–Crippen LogP) is 1.54. The molecule has 2 saturated carbocycles. The van der Waals surface area contributed by atoms with E-state index in [1.54, 1.807) is 0 Å². The van der Waals surface area contributed by atoms with Gasteiger partial charge in [0.05, 0.1) is 12.2 Å². The van der Waals surface area contributed by atoms with Crippen molar-refractivity contribution in [3.63, 3.8) is 0 Å². The quantitative estimate of drug-likeness (QED) is 0.506. The van der Waals surface area contributed by atoms with Crippen molar-refractivity contribution in [1.29, 1.82) is 0 Å². The van der Waals surface area contributed by atoms with E-state index in [9.17, 15) is 10.2 Å². The zero-order valence-corrected chi connectivity index (χ0v) is 14.4. The lowest BCUT2D eigenvalue weighted by atomic mass is 9.82. The summed E-state index contributed by atoms with van der Waals surface area (Å²) >= 11 is 0. The molecule has 0 aromatic rings. The molecule has 136 valence electrons. The second-order valence-electron chi connectivity index (χ2n) is 7.65. The largest absolute Gasteiger partial charge is 0.393 e. The molecule has 0 amide bonds. The summed E-state index contributed by atoms with van der Waals surface area (Å²) in [5.41, 5.74) is 12.5. The number of hydrogen-bond acceptors (Lipinski definition) is 5. The van der Waals surface area contributed by atoms with Crippen LogP contribution in [-0.2, 0) is 4.74 Å². The summed E-state index contributed by atoms with van der Waals surface area (Å²) in [5, 5.41) is 19.1. The van der Waals surface area contributed by atoms with E-state index in [0.717, 1.165) is 64.2 Å². The Morgan fingerprint density at radius 1 is 0.696 bits per heavy atom. The Kier molecular flexibility index (Phi) is 8.27. The van der Waals surface area contributed by atoms with Gasteiger partial charge in [-0.25, -0.2) is 0 Å². The molecular formula is C18H36N2O3. The average molecular weight is 328 g/mol. The molecule has 2 atom stereocenters. The number of hydrogen-bond donors (Lipinski definition) is 4. The van der Waals surface area contributed by atoms with Crippen LogP contribution in [0.3, 0.4) is 0 Å². The molecule has 0 saturated heterocycles. The zero-order valence-electron chi connectivity index (χ0n) is 14.4. The fourth-order valence-electron chi connectivity index (χ4n) is 4.07. The highest BCUT2D eigenvalue weighted by Gasteiger charge is 2.25. The van der Waals surface area contributed by atoms with Gasteiger partial charge < -0.3 is 26.4 Å². The molecule has 0 radical (unpaired) electrons. The Labute approximate surface area is 140 Å². The van der Waals surface area contributed by atoms with Crippen molar-refractivity contribution in [3.8, 4) is 0 Å². The van der Waals surface area contributed by atoms with Crippen LogP contribution in [0.15, 0.2) is 0 Å². The number of rotatable bonds is 8. The van der Waals surface area contributed by atoms with Crippen molar-refractivity contribution in [1.82, 2.24) is 0 Å². The van der Waals surface area contributed by atoms with Crippen LogP contribution in [0.5, 0.6) is 0 Å². The molecule has 0 aliphatic heterocycles. The number of nitrogens with two attached hydrogens (primary N) is 2. The summed E-state index contributed by atoms with van der Waals surface area (Å²) in [6.45, 7) is 1.41. The monoisotopic (exact) mass is 328 g/mol. The van der Waals surface area contributed by atoms with E-state index in [2.05, 4.69) is 0 Å². The van der Waals surface area contributed by atoms with Crippen LogP contribution in [0.1, 0.15) is 64.2 Å².